The molecule has 118 valence electrons. The smallest absolute Gasteiger partial charge is 0.144 e. The van der Waals surface area contributed by atoms with Crippen molar-refractivity contribution in [3.8, 4) is 0 Å². The second kappa shape index (κ2) is 8.29. The summed E-state index contributed by atoms with van der Waals surface area (Å²) < 4.78 is 0. The highest BCUT2D eigenvalue weighted by molar-refractivity contribution is 5.35. The molecule has 1 aliphatic heterocycles. The van der Waals surface area contributed by atoms with Crippen LogP contribution in [0, 0.1) is 12.8 Å². The Labute approximate surface area is 127 Å². The molecule has 0 aromatic carbocycles. The predicted molar refractivity (Wildman–Crippen MR) is 85.3 cm³/mol. The Morgan fingerprint density at radius 2 is 2.29 bits per heavy atom. The summed E-state index contributed by atoms with van der Waals surface area (Å²) in [5.74, 6) is 2.45. The third-order valence-corrected chi connectivity index (χ3v) is 3.96. The van der Waals surface area contributed by atoms with Gasteiger partial charge in [0.25, 0.3) is 0 Å². The standard InChI is InChI=1S/C16H28N4O/c1-3-7-17-15-10-13(2)18-16(19-15)12-20-8-4-5-14(11-20)6-9-21/h10,14,21H,3-9,11-12H2,1-2H3,(H,17,18,19). The molecule has 1 aromatic rings. The van der Waals surface area contributed by atoms with E-state index in [2.05, 4.69) is 27.1 Å². The summed E-state index contributed by atoms with van der Waals surface area (Å²) in [6, 6.07) is 2.00. The van der Waals surface area contributed by atoms with Gasteiger partial charge in [-0.15, -0.1) is 0 Å². The highest BCUT2D eigenvalue weighted by atomic mass is 16.3. The van der Waals surface area contributed by atoms with Crippen molar-refractivity contribution in [3.05, 3.63) is 17.6 Å². The number of hydrogen-bond donors (Lipinski definition) is 2. The summed E-state index contributed by atoms with van der Waals surface area (Å²) in [6.45, 7) is 8.38. The van der Waals surface area contributed by atoms with Crippen molar-refractivity contribution in [2.75, 3.05) is 31.6 Å². The van der Waals surface area contributed by atoms with Gasteiger partial charge in [-0.25, -0.2) is 9.97 Å². The lowest BCUT2D eigenvalue weighted by atomic mass is 9.95. The maximum atomic E-state index is 9.10. The van der Waals surface area contributed by atoms with Crippen molar-refractivity contribution in [1.82, 2.24) is 14.9 Å². The average molecular weight is 292 g/mol. The number of aliphatic hydroxyl groups is 1. The van der Waals surface area contributed by atoms with Gasteiger partial charge in [0.15, 0.2) is 0 Å². The van der Waals surface area contributed by atoms with Gasteiger partial charge >= 0.3 is 0 Å². The SMILES string of the molecule is CCCNc1cc(C)nc(CN2CCCC(CCO)C2)n1. The van der Waals surface area contributed by atoms with Crippen molar-refractivity contribution < 1.29 is 5.11 Å². The summed E-state index contributed by atoms with van der Waals surface area (Å²) in [4.78, 5) is 11.6. The Morgan fingerprint density at radius 3 is 3.05 bits per heavy atom. The molecule has 1 fully saturated rings. The molecular weight excluding hydrogens is 264 g/mol. The lowest BCUT2D eigenvalue weighted by Crippen LogP contribution is -2.35. The highest BCUT2D eigenvalue weighted by Gasteiger charge is 2.20. The van der Waals surface area contributed by atoms with Crippen molar-refractivity contribution in [3.63, 3.8) is 0 Å². The average Bonchev–Trinajstić information content (AvgIpc) is 2.45. The van der Waals surface area contributed by atoms with Gasteiger partial charge < -0.3 is 10.4 Å². The molecule has 2 rings (SSSR count). The van der Waals surface area contributed by atoms with Gasteiger partial charge in [0.1, 0.15) is 11.6 Å². The first kappa shape index (κ1) is 16.2. The molecule has 1 aromatic heterocycles. The molecule has 1 aliphatic rings. The van der Waals surface area contributed by atoms with E-state index in [1.807, 2.05) is 13.0 Å². The fourth-order valence-electron chi connectivity index (χ4n) is 2.96. The number of nitrogens with zero attached hydrogens (tertiary/aromatic N) is 3. The normalized spacial score (nSPS) is 19.7. The maximum absolute atomic E-state index is 9.10. The van der Waals surface area contributed by atoms with Crippen molar-refractivity contribution in [1.29, 1.82) is 0 Å². The van der Waals surface area contributed by atoms with Crippen LogP contribution in [0.25, 0.3) is 0 Å². The minimum atomic E-state index is 0.296. The molecule has 5 nitrogen and oxygen atoms in total. The minimum Gasteiger partial charge on any atom is -0.396 e. The van der Waals surface area contributed by atoms with Crippen molar-refractivity contribution in [2.24, 2.45) is 5.92 Å². The number of aliphatic hydroxyl groups excluding tert-OH is 1. The van der Waals surface area contributed by atoms with Gasteiger partial charge in [-0.3, -0.25) is 4.90 Å². The number of piperidine rings is 1. The second-order valence-corrected chi connectivity index (χ2v) is 5.99. The van der Waals surface area contributed by atoms with E-state index in [9.17, 15) is 0 Å². The first-order valence-electron chi connectivity index (χ1n) is 8.13. The highest BCUT2D eigenvalue weighted by Crippen LogP contribution is 2.20. The molecule has 1 atom stereocenters. The third-order valence-electron chi connectivity index (χ3n) is 3.96. The summed E-state index contributed by atoms with van der Waals surface area (Å²) in [5, 5.41) is 12.4. The van der Waals surface area contributed by atoms with Gasteiger partial charge in [0.05, 0.1) is 6.54 Å². The number of aryl methyl sites for hydroxylation is 1. The number of anilines is 1. The van der Waals surface area contributed by atoms with E-state index in [1.54, 1.807) is 0 Å². The molecular formula is C16H28N4O. The number of nitrogens with one attached hydrogen (secondary N) is 1. The molecule has 21 heavy (non-hydrogen) atoms. The van der Waals surface area contributed by atoms with Crippen LogP contribution in [0.15, 0.2) is 6.07 Å². The minimum absolute atomic E-state index is 0.296. The summed E-state index contributed by atoms with van der Waals surface area (Å²) in [7, 11) is 0. The summed E-state index contributed by atoms with van der Waals surface area (Å²) in [6.07, 6.45) is 4.44. The molecule has 0 aliphatic carbocycles. The Morgan fingerprint density at radius 1 is 1.43 bits per heavy atom. The lowest BCUT2D eigenvalue weighted by Gasteiger charge is -2.32. The molecule has 1 saturated heterocycles. The largest absolute Gasteiger partial charge is 0.396 e. The van der Waals surface area contributed by atoms with Gasteiger partial charge in [-0.05, 0) is 45.1 Å². The van der Waals surface area contributed by atoms with Gasteiger partial charge in [-0.2, -0.15) is 0 Å². The fraction of sp³-hybridized carbons (Fsp3) is 0.750. The summed E-state index contributed by atoms with van der Waals surface area (Å²) >= 11 is 0. The predicted octanol–water partition coefficient (Wildman–Crippen LogP) is 2.20. The van der Waals surface area contributed by atoms with E-state index in [4.69, 9.17) is 5.11 Å². The van der Waals surface area contributed by atoms with E-state index >= 15 is 0 Å². The van der Waals surface area contributed by atoms with Crippen LogP contribution in [-0.2, 0) is 6.54 Å². The Bertz CT molecular complexity index is 436. The van der Waals surface area contributed by atoms with Crippen molar-refractivity contribution >= 4 is 5.82 Å². The number of rotatable bonds is 7. The van der Waals surface area contributed by atoms with Crippen molar-refractivity contribution in [2.45, 2.75) is 46.1 Å². The summed E-state index contributed by atoms with van der Waals surface area (Å²) in [5.41, 5.74) is 1.02. The molecule has 0 spiro atoms. The number of likely N-dealkylation sites (tertiary alicyclic amines) is 1. The van der Waals surface area contributed by atoms with Gasteiger partial charge in [0.2, 0.25) is 0 Å². The topological polar surface area (TPSA) is 61.3 Å². The molecule has 2 heterocycles. The second-order valence-electron chi connectivity index (χ2n) is 5.99. The van der Waals surface area contributed by atoms with E-state index in [1.165, 1.54) is 12.8 Å². The first-order chi connectivity index (χ1) is 10.2. The number of aromatic nitrogens is 2. The van der Waals surface area contributed by atoms with E-state index in [0.717, 1.165) is 56.4 Å². The molecule has 5 heteroatoms. The van der Waals surface area contributed by atoms with Crippen LogP contribution in [0.5, 0.6) is 0 Å². The van der Waals surface area contributed by atoms with E-state index < -0.39 is 0 Å². The fourth-order valence-corrected chi connectivity index (χ4v) is 2.96. The van der Waals surface area contributed by atoms with Crippen LogP contribution in [0.4, 0.5) is 5.82 Å². The zero-order valence-electron chi connectivity index (χ0n) is 13.3. The molecule has 0 bridgehead atoms. The van der Waals surface area contributed by atoms with Crippen LogP contribution in [0.2, 0.25) is 0 Å². The quantitative estimate of drug-likeness (QED) is 0.807. The Kier molecular flexibility index (Phi) is 6.39. The van der Waals surface area contributed by atoms with Crippen LogP contribution in [-0.4, -0.2) is 46.2 Å². The lowest BCUT2D eigenvalue weighted by molar-refractivity contribution is 0.140. The van der Waals surface area contributed by atoms with Crippen LogP contribution >= 0.6 is 0 Å². The Hall–Kier alpha value is -1.20. The monoisotopic (exact) mass is 292 g/mol. The number of hydrogen-bond acceptors (Lipinski definition) is 5. The maximum Gasteiger partial charge on any atom is 0.144 e. The van der Waals surface area contributed by atoms with Crippen LogP contribution < -0.4 is 5.32 Å². The zero-order valence-corrected chi connectivity index (χ0v) is 13.3. The molecule has 2 N–H and O–H groups in total. The third kappa shape index (κ3) is 5.25. The van der Waals surface area contributed by atoms with Gasteiger partial charge in [-0.1, -0.05) is 6.92 Å². The van der Waals surface area contributed by atoms with Crippen LogP contribution in [0.3, 0.4) is 0 Å². The van der Waals surface area contributed by atoms with Gasteiger partial charge in [0, 0.05) is 31.5 Å². The molecule has 0 saturated carbocycles. The van der Waals surface area contributed by atoms with E-state index in [-0.39, 0.29) is 0 Å². The Balaban J connectivity index is 1.96. The molecule has 0 radical (unpaired) electrons. The molecule has 0 amide bonds. The van der Waals surface area contributed by atoms with Crippen LogP contribution in [0.1, 0.15) is 44.1 Å². The molecule has 1 unspecified atom stereocenters. The van der Waals surface area contributed by atoms with E-state index in [0.29, 0.717) is 12.5 Å². The first-order valence-corrected chi connectivity index (χ1v) is 8.13. The zero-order chi connectivity index (χ0) is 15.1.